The Morgan fingerprint density at radius 1 is 1.44 bits per heavy atom. The molecule has 1 spiro atoms. The lowest BCUT2D eigenvalue weighted by Gasteiger charge is -2.35. The highest BCUT2D eigenvalue weighted by molar-refractivity contribution is 9.09. The molecule has 0 aromatic heterocycles. The van der Waals surface area contributed by atoms with Gasteiger partial charge in [0.25, 0.3) is 0 Å². The Labute approximate surface area is 167 Å². The van der Waals surface area contributed by atoms with Gasteiger partial charge in [-0.2, -0.15) is 0 Å². The highest BCUT2D eigenvalue weighted by Gasteiger charge is 2.76. The molecule has 1 unspecified atom stereocenters. The molecule has 152 valence electrons. The van der Waals surface area contributed by atoms with Crippen LogP contribution in [0.25, 0.3) is 0 Å². The van der Waals surface area contributed by atoms with Gasteiger partial charge in [0, 0.05) is 16.9 Å². The number of carbonyl (C=O) groups excluding carboxylic acids is 3. The van der Waals surface area contributed by atoms with E-state index in [1.807, 2.05) is 20.8 Å². The molecule has 3 aliphatic rings. The average Bonchev–Trinajstić information content (AvgIpc) is 3.11. The number of esters is 1. The molecule has 3 fully saturated rings. The number of nitrogens with one attached hydrogen (secondary N) is 1. The average molecular weight is 447 g/mol. The lowest BCUT2D eigenvalue weighted by atomic mass is 9.70. The summed E-state index contributed by atoms with van der Waals surface area (Å²) in [4.78, 5) is 40.1. The van der Waals surface area contributed by atoms with Crippen LogP contribution in [0.15, 0.2) is 0 Å². The maximum atomic E-state index is 13.2. The van der Waals surface area contributed by atoms with Crippen LogP contribution in [0.3, 0.4) is 0 Å². The smallest absolute Gasteiger partial charge is 0.312 e. The number of fused-ring (bicyclic) bond motifs is 1. The molecule has 0 aromatic rings. The summed E-state index contributed by atoms with van der Waals surface area (Å²) in [5.74, 6) is -2.69. The molecule has 0 radical (unpaired) electrons. The van der Waals surface area contributed by atoms with Gasteiger partial charge in [0.2, 0.25) is 11.8 Å². The summed E-state index contributed by atoms with van der Waals surface area (Å²) in [5, 5.41) is 12.4. The van der Waals surface area contributed by atoms with Gasteiger partial charge in [-0.05, 0) is 34.1 Å². The number of aliphatic hydroxyl groups is 1. The number of β-amino-alcohol motifs (C(OH)–C–C–N with tert-alkyl or cyclic N) is 1. The molecule has 3 rings (SSSR count). The lowest BCUT2D eigenvalue weighted by molar-refractivity contribution is -0.154. The number of amides is 2. The van der Waals surface area contributed by atoms with Gasteiger partial charge in [-0.15, -0.1) is 0 Å². The van der Waals surface area contributed by atoms with Crippen molar-refractivity contribution in [3.63, 3.8) is 0 Å². The van der Waals surface area contributed by atoms with Crippen molar-refractivity contribution < 1.29 is 29.0 Å². The van der Waals surface area contributed by atoms with Crippen molar-refractivity contribution in [2.45, 2.75) is 62.2 Å². The topological polar surface area (TPSA) is 105 Å². The molecule has 9 heteroatoms. The van der Waals surface area contributed by atoms with Gasteiger partial charge in [0.05, 0.1) is 31.2 Å². The van der Waals surface area contributed by atoms with Crippen LogP contribution in [0.1, 0.15) is 34.1 Å². The van der Waals surface area contributed by atoms with Crippen molar-refractivity contribution in [1.82, 2.24) is 10.2 Å². The van der Waals surface area contributed by atoms with Crippen molar-refractivity contribution >= 4 is 33.7 Å². The number of halogens is 1. The normalized spacial score (nSPS) is 37.5. The van der Waals surface area contributed by atoms with Gasteiger partial charge >= 0.3 is 5.97 Å². The third-order valence-electron chi connectivity index (χ3n) is 5.44. The molecule has 2 bridgehead atoms. The minimum atomic E-state index is -1.10. The number of ether oxygens (including phenoxy) is 2. The predicted molar refractivity (Wildman–Crippen MR) is 99.0 cm³/mol. The number of hydrogen-bond donors (Lipinski definition) is 2. The van der Waals surface area contributed by atoms with Crippen molar-refractivity contribution in [2.24, 2.45) is 11.8 Å². The number of aliphatic hydroxyl groups excluding tert-OH is 1. The van der Waals surface area contributed by atoms with Gasteiger partial charge in [-0.1, -0.05) is 15.9 Å². The summed E-state index contributed by atoms with van der Waals surface area (Å²) < 4.78 is 11.4. The fourth-order valence-electron chi connectivity index (χ4n) is 4.72. The molecular formula is C18H27BrN2O6. The Morgan fingerprint density at radius 3 is 2.67 bits per heavy atom. The Kier molecular flexibility index (Phi) is 5.33. The zero-order valence-corrected chi connectivity index (χ0v) is 17.6. The minimum Gasteiger partial charge on any atom is -0.466 e. The highest BCUT2D eigenvalue weighted by atomic mass is 79.9. The Morgan fingerprint density at radius 2 is 2.11 bits per heavy atom. The fraction of sp³-hybridized carbons (Fsp3) is 0.833. The Balaban J connectivity index is 2.02. The lowest BCUT2D eigenvalue weighted by Crippen LogP contribution is -2.58. The maximum Gasteiger partial charge on any atom is 0.312 e. The second kappa shape index (κ2) is 7.00. The molecule has 3 heterocycles. The van der Waals surface area contributed by atoms with E-state index in [0.29, 0.717) is 6.42 Å². The van der Waals surface area contributed by atoms with E-state index < -0.39 is 41.1 Å². The van der Waals surface area contributed by atoms with Crippen LogP contribution in [0.4, 0.5) is 0 Å². The second-order valence-electron chi connectivity index (χ2n) is 8.41. The van der Waals surface area contributed by atoms with E-state index in [4.69, 9.17) is 9.47 Å². The van der Waals surface area contributed by atoms with Crippen LogP contribution < -0.4 is 5.32 Å². The van der Waals surface area contributed by atoms with Crippen LogP contribution in [0, 0.1) is 11.8 Å². The summed E-state index contributed by atoms with van der Waals surface area (Å²) in [6.45, 7) is 7.21. The monoisotopic (exact) mass is 446 g/mol. The van der Waals surface area contributed by atoms with E-state index in [1.54, 1.807) is 6.92 Å². The van der Waals surface area contributed by atoms with Crippen LogP contribution in [-0.2, 0) is 23.9 Å². The summed E-state index contributed by atoms with van der Waals surface area (Å²) in [6, 6.07) is -0.897. The van der Waals surface area contributed by atoms with E-state index in [9.17, 15) is 19.5 Å². The Bertz CT molecular complexity index is 650. The fourth-order valence-corrected chi connectivity index (χ4v) is 5.67. The van der Waals surface area contributed by atoms with Crippen LogP contribution >= 0.6 is 15.9 Å². The SMILES string of the molecule is CCOC(=O)[C@@H]1[C@H]2O[C@@]3(CC2Br)[C@H](C(=O)NC(C)(C)C)N(CCO)C(=O)[C@@H]13. The van der Waals surface area contributed by atoms with Gasteiger partial charge < -0.3 is 24.8 Å². The van der Waals surface area contributed by atoms with E-state index in [1.165, 1.54) is 4.90 Å². The molecule has 0 aromatic carbocycles. The van der Waals surface area contributed by atoms with Gasteiger partial charge in [-0.25, -0.2) is 0 Å². The molecule has 0 aliphatic carbocycles. The largest absolute Gasteiger partial charge is 0.466 e. The molecule has 2 amide bonds. The zero-order valence-electron chi connectivity index (χ0n) is 16.0. The first kappa shape index (κ1) is 20.5. The third kappa shape index (κ3) is 3.17. The molecule has 27 heavy (non-hydrogen) atoms. The van der Waals surface area contributed by atoms with E-state index in [2.05, 4.69) is 21.2 Å². The predicted octanol–water partition coefficient (Wildman–Crippen LogP) is 0.205. The van der Waals surface area contributed by atoms with Gasteiger partial charge in [-0.3, -0.25) is 14.4 Å². The second-order valence-corrected chi connectivity index (χ2v) is 9.59. The third-order valence-corrected chi connectivity index (χ3v) is 6.28. The molecule has 3 aliphatic heterocycles. The number of rotatable bonds is 5. The van der Waals surface area contributed by atoms with Crippen molar-refractivity contribution in [3.05, 3.63) is 0 Å². The van der Waals surface area contributed by atoms with Crippen molar-refractivity contribution in [1.29, 1.82) is 0 Å². The number of nitrogens with zero attached hydrogens (tertiary/aromatic N) is 1. The van der Waals surface area contributed by atoms with Crippen LogP contribution in [-0.4, -0.2) is 75.7 Å². The minimum absolute atomic E-state index is 0.00976. The molecule has 6 atom stereocenters. The van der Waals surface area contributed by atoms with Crippen molar-refractivity contribution in [3.8, 4) is 0 Å². The number of likely N-dealkylation sites (tertiary alicyclic amines) is 1. The summed E-state index contributed by atoms with van der Waals surface area (Å²) in [5.41, 5.74) is -1.59. The number of carbonyl (C=O) groups is 3. The van der Waals surface area contributed by atoms with Crippen LogP contribution in [0.2, 0.25) is 0 Å². The quantitative estimate of drug-likeness (QED) is 0.461. The van der Waals surface area contributed by atoms with Gasteiger partial charge in [0.15, 0.2) is 0 Å². The molecule has 0 saturated carbocycles. The number of hydrogen-bond acceptors (Lipinski definition) is 6. The van der Waals surface area contributed by atoms with E-state index >= 15 is 0 Å². The summed E-state index contributed by atoms with van der Waals surface area (Å²) >= 11 is 3.56. The van der Waals surface area contributed by atoms with Crippen LogP contribution in [0.5, 0.6) is 0 Å². The first-order valence-corrected chi connectivity index (χ1v) is 10.2. The standard InChI is InChI=1S/C18H27BrN2O6/c1-5-26-16(25)10-11-15(24)21(6-7-22)13(14(23)20-17(2,3)4)18(11)8-9(19)12(10)27-18/h9-13,22H,5-8H2,1-4H3,(H,20,23)/t9?,10-,11+,12-,13-,18+/m0/s1. The zero-order chi connectivity index (χ0) is 20.1. The first-order chi connectivity index (χ1) is 12.6. The van der Waals surface area contributed by atoms with E-state index in [0.717, 1.165) is 0 Å². The summed E-state index contributed by atoms with van der Waals surface area (Å²) in [6.07, 6.45) is -0.0760. The summed E-state index contributed by atoms with van der Waals surface area (Å²) in [7, 11) is 0. The molecule has 2 N–H and O–H groups in total. The maximum absolute atomic E-state index is 13.2. The Hall–Kier alpha value is -1.19. The molecule has 8 nitrogen and oxygen atoms in total. The molecular weight excluding hydrogens is 420 g/mol. The molecule has 3 saturated heterocycles. The van der Waals surface area contributed by atoms with E-state index in [-0.39, 0.29) is 36.4 Å². The highest BCUT2D eigenvalue weighted by Crippen LogP contribution is 2.60. The first-order valence-electron chi connectivity index (χ1n) is 9.29. The van der Waals surface area contributed by atoms with Crippen molar-refractivity contribution in [2.75, 3.05) is 19.8 Å². The number of alkyl halides is 1. The van der Waals surface area contributed by atoms with Gasteiger partial charge in [0.1, 0.15) is 11.6 Å².